The van der Waals surface area contributed by atoms with Crippen molar-refractivity contribution in [3.63, 3.8) is 0 Å². The lowest BCUT2D eigenvalue weighted by Gasteiger charge is -2.32. The molecule has 8 N–H and O–H groups in total. The zero-order chi connectivity index (χ0) is 19.8. The zero-order valence-electron chi connectivity index (χ0n) is 13.2. The summed E-state index contributed by atoms with van der Waals surface area (Å²) in [5, 5.41) is 46.2. The van der Waals surface area contributed by atoms with E-state index >= 15 is 0 Å². The normalized spacial score (nSPS) is 16.0. The van der Waals surface area contributed by atoms with E-state index in [1.807, 2.05) is 0 Å². The quantitative estimate of drug-likeness (QED) is 0.134. The van der Waals surface area contributed by atoms with Crippen LogP contribution in [-0.2, 0) is 22.7 Å². The summed E-state index contributed by atoms with van der Waals surface area (Å²) in [6.45, 7) is -5.26. The second-order valence-electron chi connectivity index (χ2n) is 5.60. The molecule has 0 heterocycles. The number of hydrogen-bond donors (Lipinski definition) is 8. The van der Waals surface area contributed by atoms with E-state index in [4.69, 9.17) is 29.8 Å². The third-order valence-corrected chi connectivity index (χ3v) is 5.37. The highest BCUT2D eigenvalue weighted by molar-refractivity contribution is 7.60. The van der Waals surface area contributed by atoms with Crippen LogP contribution >= 0.6 is 15.6 Å². The van der Waals surface area contributed by atoms with Crippen LogP contribution in [0.5, 0.6) is 0 Å². The lowest BCUT2D eigenvalue weighted by molar-refractivity contribution is -0.102. The molecule has 0 aromatic heterocycles. The van der Waals surface area contributed by atoms with Crippen LogP contribution in [0.2, 0.25) is 0 Å². The van der Waals surface area contributed by atoms with Gasteiger partial charge in [-0.25, -0.2) is 9.13 Å². The fraction of sp³-hybridized carbons (Fsp3) is 1.00. The van der Waals surface area contributed by atoms with Gasteiger partial charge in [-0.05, 0) is 0 Å². The van der Waals surface area contributed by atoms with Crippen molar-refractivity contribution in [1.29, 1.82) is 0 Å². The van der Waals surface area contributed by atoms with Gasteiger partial charge < -0.3 is 44.9 Å². The molecule has 15 heteroatoms. The topological polar surface area (TPSA) is 224 Å². The summed E-state index contributed by atoms with van der Waals surface area (Å²) >= 11 is 0. The summed E-state index contributed by atoms with van der Waals surface area (Å²) in [5.74, 6) is 0. The molecule has 152 valence electrons. The number of hydrogen-bond acceptors (Lipinski definition) is 10. The molecular weight excluding hydrogens is 390 g/mol. The average Bonchev–Trinajstić information content (AvgIpc) is 2.53. The van der Waals surface area contributed by atoms with E-state index in [2.05, 4.69) is 8.83 Å². The lowest BCUT2D eigenvalue weighted by Crippen LogP contribution is -2.43. The highest BCUT2D eigenvalue weighted by Gasteiger charge is 2.38. The number of aliphatic hydroxyl groups excluding tert-OH is 5. The molecule has 0 bridgehead atoms. The molecule has 0 aliphatic rings. The summed E-state index contributed by atoms with van der Waals surface area (Å²) in [7, 11) is -10.5. The molecule has 0 saturated heterocycles. The summed E-state index contributed by atoms with van der Waals surface area (Å²) < 4.78 is 35.0. The Balaban J connectivity index is 4.85. The second kappa shape index (κ2) is 10.4. The molecule has 0 radical (unpaired) electrons. The Morgan fingerprint density at radius 1 is 0.680 bits per heavy atom. The smallest absolute Gasteiger partial charge is 0.396 e. The lowest BCUT2D eigenvalue weighted by atomic mass is 9.91. The maximum atomic E-state index is 11.4. The minimum Gasteiger partial charge on any atom is -0.396 e. The monoisotopic (exact) mass is 414 g/mol. The van der Waals surface area contributed by atoms with E-state index in [9.17, 15) is 24.2 Å². The van der Waals surface area contributed by atoms with Crippen LogP contribution < -0.4 is 0 Å². The van der Waals surface area contributed by atoms with Gasteiger partial charge in [0.05, 0.1) is 63.7 Å². The second-order valence-corrected chi connectivity index (χ2v) is 8.43. The molecular formula is C10H24O13P2. The fourth-order valence-corrected chi connectivity index (χ4v) is 3.12. The SMILES string of the molecule is O=P(O)(O)OP(=O)(O)OCC(CO)(CO)COCC(CO)(CO)CO. The zero-order valence-corrected chi connectivity index (χ0v) is 15.0. The molecule has 0 aliphatic heterocycles. The highest BCUT2D eigenvalue weighted by atomic mass is 31.3. The minimum absolute atomic E-state index is 0.381. The van der Waals surface area contributed by atoms with E-state index in [-0.39, 0.29) is 6.61 Å². The van der Waals surface area contributed by atoms with Gasteiger partial charge in [-0.15, -0.1) is 0 Å². The van der Waals surface area contributed by atoms with Gasteiger partial charge >= 0.3 is 15.6 Å². The predicted octanol–water partition coefficient (Wildman–Crippen LogP) is -2.84. The molecule has 0 fully saturated rings. The van der Waals surface area contributed by atoms with Crippen molar-refractivity contribution in [3.8, 4) is 0 Å². The van der Waals surface area contributed by atoms with E-state index in [0.717, 1.165) is 0 Å². The van der Waals surface area contributed by atoms with Crippen molar-refractivity contribution >= 4 is 15.6 Å². The van der Waals surface area contributed by atoms with E-state index < -0.39 is 72.7 Å². The molecule has 0 aliphatic carbocycles. The summed E-state index contributed by atoms with van der Waals surface area (Å²) in [4.78, 5) is 26.2. The number of ether oxygens (including phenoxy) is 1. The number of aliphatic hydroxyl groups is 5. The van der Waals surface area contributed by atoms with Crippen LogP contribution in [0.1, 0.15) is 0 Å². The first-order valence-corrected chi connectivity index (χ1v) is 9.81. The predicted molar refractivity (Wildman–Crippen MR) is 80.0 cm³/mol. The van der Waals surface area contributed by atoms with Crippen molar-refractivity contribution in [1.82, 2.24) is 0 Å². The van der Waals surface area contributed by atoms with Gasteiger partial charge in [-0.3, -0.25) is 4.52 Å². The molecule has 1 unspecified atom stereocenters. The number of phosphoric acid groups is 2. The van der Waals surface area contributed by atoms with Crippen molar-refractivity contribution < 1.29 is 62.9 Å². The van der Waals surface area contributed by atoms with Crippen LogP contribution in [0.4, 0.5) is 0 Å². The van der Waals surface area contributed by atoms with Crippen molar-refractivity contribution in [2.75, 3.05) is 52.9 Å². The van der Waals surface area contributed by atoms with E-state index in [1.165, 1.54) is 0 Å². The Labute approximate surface area is 143 Å². The third kappa shape index (κ3) is 8.98. The molecule has 1 atom stereocenters. The van der Waals surface area contributed by atoms with Crippen molar-refractivity contribution in [3.05, 3.63) is 0 Å². The molecule has 0 saturated carbocycles. The van der Waals surface area contributed by atoms with Gasteiger partial charge in [0.2, 0.25) is 0 Å². The van der Waals surface area contributed by atoms with Crippen LogP contribution in [0.15, 0.2) is 0 Å². The fourth-order valence-electron chi connectivity index (χ4n) is 1.42. The Kier molecular flexibility index (Phi) is 10.4. The molecule has 0 rings (SSSR count). The Morgan fingerprint density at radius 3 is 1.44 bits per heavy atom. The van der Waals surface area contributed by atoms with Gasteiger partial charge in [0.25, 0.3) is 0 Å². The Bertz CT molecular complexity index is 461. The third-order valence-electron chi connectivity index (χ3n) is 3.24. The molecule has 25 heavy (non-hydrogen) atoms. The number of rotatable bonds is 14. The van der Waals surface area contributed by atoms with Gasteiger partial charge in [-0.1, -0.05) is 0 Å². The summed E-state index contributed by atoms with van der Waals surface area (Å²) in [6.07, 6.45) is 0. The summed E-state index contributed by atoms with van der Waals surface area (Å²) in [6, 6.07) is 0. The largest absolute Gasteiger partial charge is 0.481 e. The average molecular weight is 414 g/mol. The minimum atomic E-state index is -5.32. The van der Waals surface area contributed by atoms with Crippen LogP contribution in [0, 0.1) is 10.8 Å². The standard InChI is InChI=1S/C10H24O13P2/c11-1-9(2-12,3-13)6-21-7-10(4-14,5-15)8-22-25(19,20)23-24(16,17)18/h11-15H,1-8H2,(H,19,20)(H2,16,17,18). The molecule has 0 aromatic carbocycles. The van der Waals surface area contributed by atoms with Gasteiger partial charge in [0.1, 0.15) is 0 Å². The van der Waals surface area contributed by atoms with Crippen LogP contribution in [0.3, 0.4) is 0 Å². The van der Waals surface area contributed by atoms with E-state index in [0.29, 0.717) is 0 Å². The van der Waals surface area contributed by atoms with Crippen LogP contribution in [0.25, 0.3) is 0 Å². The van der Waals surface area contributed by atoms with Gasteiger partial charge in [-0.2, -0.15) is 4.31 Å². The Morgan fingerprint density at radius 2 is 1.08 bits per heavy atom. The molecule has 13 nitrogen and oxygen atoms in total. The maximum Gasteiger partial charge on any atom is 0.481 e. The van der Waals surface area contributed by atoms with Gasteiger partial charge in [0, 0.05) is 0 Å². The first kappa shape index (κ1) is 25.0. The van der Waals surface area contributed by atoms with Crippen molar-refractivity contribution in [2.45, 2.75) is 0 Å². The molecule has 0 aromatic rings. The molecule has 0 amide bonds. The van der Waals surface area contributed by atoms with E-state index in [1.54, 1.807) is 0 Å². The first-order chi connectivity index (χ1) is 11.4. The Hall–Kier alpha value is 0.0200. The number of phosphoric ester groups is 1. The highest BCUT2D eigenvalue weighted by Crippen LogP contribution is 2.58. The van der Waals surface area contributed by atoms with Gasteiger partial charge in [0.15, 0.2) is 0 Å². The maximum absolute atomic E-state index is 11.4. The van der Waals surface area contributed by atoms with Crippen LogP contribution in [-0.4, -0.2) is 93.1 Å². The summed E-state index contributed by atoms with van der Waals surface area (Å²) in [5.41, 5.74) is -3.05. The van der Waals surface area contributed by atoms with Crippen molar-refractivity contribution in [2.24, 2.45) is 10.8 Å². The molecule has 0 spiro atoms. The first-order valence-electron chi connectivity index (χ1n) is 6.79.